The van der Waals surface area contributed by atoms with Crippen LogP contribution in [0.3, 0.4) is 0 Å². The lowest BCUT2D eigenvalue weighted by atomic mass is 9.93. The number of ketones is 1. The molecule has 1 N–H and O–H groups in total. The third kappa shape index (κ3) is 4.10. The van der Waals surface area contributed by atoms with Gasteiger partial charge in [0.25, 0.3) is 11.7 Å². The van der Waals surface area contributed by atoms with Gasteiger partial charge < -0.3 is 9.84 Å². The maximum absolute atomic E-state index is 13.3. The quantitative estimate of drug-likeness (QED) is 0.271. The first-order chi connectivity index (χ1) is 15.7. The minimum absolute atomic E-state index is 0.0202. The van der Waals surface area contributed by atoms with E-state index in [0.717, 1.165) is 5.56 Å². The molecular weight excluding hydrogens is 461 g/mol. The predicted molar refractivity (Wildman–Crippen MR) is 130 cm³/mol. The second kappa shape index (κ2) is 8.93. The number of anilines is 1. The van der Waals surface area contributed by atoms with Gasteiger partial charge in [-0.3, -0.25) is 14.5 Å². The largest absolute Gasteiger partial charge is 0.507 e. The number of ether oxygens (including phenoxy) is 1. The summed E-state index contributed by atoms with van der Waals surface area (Å²) >= 11 is 12.4. The molecule has 1 aliphatic rings. The number of aliphatic hydroxyl groups is 1. The predicted octanol–water partition coefficient (Wildman–Crippen LogP) is 6.25. The summed E-state index contributed by atoms with van der Waals surface area (Å²) < 4.78 is 5.24. The number of carbonyl (C=O) groups is 2. The molecule has 0 radical (unpaired) electrons. The smallest absolute Gasteiger partial charge is 0.300 e. The zero-order valence-corrected chi connectivity index (χ0v) is 19.7. The van der Waals surface area contributed by atoms with Gasteiger partial charge in [-0.15, -0.1) is 0 Å². The van der Waals surface area contributed by atoms with E-state index >= 15 is 0 Å². The van der Waals surface area contributed by atoms with E-state index in [1.54, 1.807) is 56.5 Å². The third-order valence-corrected chi connectivity index (χ3v) is 6.41. The number of nitrogens with zero attached hydrogens (tertiary/aromatic N) is 1. The van der Waals surface area contributed by atoms with Crippen molar-refractivity contribution >= 4 is 46.3 Å². The van der Waals surface area contributed by atoms with Crippen LogP contribution in [0.15, 0.2) is 66.2 Å². The van der Waals surface area contributed by atoms with E-state index in [1.807, 2.05) is 25.1 Å². The van der Waals surface area contributed by atoms with Crippen LogP contribution in [0.2, 0.25) is 10.0 Å². The Morgan fingerprint density at radius 2 is 1.73 bits per heavy atom. The lowest BCUT2D eigenvalue weighted by Crippen LogP contribution is -2.29. The number of methoxy groups -OCH3 is 1. The molecule has 3 aromatic rings. The highest BCUT2D eigenvalue weighted by molar-refractivity contribution is 6.52. The van der Waals surface area contributed by atoms with E-state index in [0.29, 0.717) is 33.1 Å². The number of Topliss-reactive ketones (excluding diaryl/α,β-unsaturated/α-hetero) is 1. The molecule has 3 aromatic carbocycles. The van der Waals surface area contributed by atoms with Crippen molar-refractivity contribution in [2.75, 3.05) is 12.0 Å². The highest BCUT2D eigenvalue weighted by Crippen LogP contribution is 2.43. The van der Waals surface area contributed by atoms with Gasteiger partial charge in [-0.25, -0.2) is 0 Å². The van der Waals surface area contributed by atoms with Crippen molar-refractivity contribution in [2.24, 2.45) is 0 Å². The lowest BCUT2D eigenvalue weighted by Gasteiger charge is -2.26. The van der Waals surface area contributed by atoms with Crippen molar-refractivity contribution < 1.29 is 19.4 Å². The molecule has 1 fully saturated rings. The molecule has 1 aliphatic heterocycles. The van der Waals surface area contributed by atoms with Crippen LogP contribution in [-0.2, 0) is 9.59 Å². The van der Waals surface area contributed by atoms with Crippen LogP contribution >= 0.6 is 23.2 Å². The Kier molecular flexibility index (Phi) is 6.19. The Morgan fingerprint density at radius 1 is 0.970 bits per heavy atom. The summed E-state index contributed by atoms with van der Waals surface area (Å²) in [6.45, 7) is 3.69. The number of halogens is 2. The Bertz CT molecular complexity index is 1320. The molecule has 5 nitrogen and oxygen atoms in total. The van der Waals surface area contributed by atoms with Crippen LogP contribution in [0.4, 0.5) is 5.69 Å². The van der Waals surface area contributed by atoms with Gasteiger partial charge in [0, 0.05) is 11.3 Å². The van der Waals surface area contributed by atoms with Gasteiger partial charge in [0.2, 0.25) is 0 Å². The standard InChI is InChI=1S/C26H21Cl2NO4/c1-14-5-4-6-17(11-14)29-23(16-7-10-20(27)21(28)13-16)22(25(31)26(29)32)24(30)19-9-8-18(33-3)12-15(19)2/h4-13,23,30H,1-3H3/b24-22-. The van der Waals surface area contributed by atoms with E-state index < -0.39 is 17.7 Å². The molecule has 0 spiro atoms. The molecular formula is C26H21Cl2NO4. The van der Waals surface area contributed by atoms with Crippen LogP contribution in [0.25, 0.3) is 5.76 Å². The molecule has 0 bridgehead atoms. The third-order valence-electron chi connectivity index (χ3n) is 5.67. The van der Waals surface area contributed by atoms with Gasteiger partial charge in [0.05, 0.1) is 28.8 Å². The number of carbonyl (C=O) groups excluding carboxylic acids is 2. The van der Waals surface area contributed by atoms with Gasteiger partial charge in [-0.1, -0.05) is 41.4 Å². The maximum Gasteiger partial charge on any atom is 0.300 e. The zero-order chi connectivity index (χ0) is 23.9. The van der Waals surface area contributed by atoms with Gasteiger partial charge in [-0.05, 0) is 73.0 Å². The Balaban J connectivity index is 1.98. The summed E-state index contributed by atoms with van der Waals surface area (Å²) in [5.41, 5.74) is 3.13. The Morgan fingerprint density at radius 3 is 2.36 bits per heavy atom. The van der Waals surface area contributed by atoms with E-state index in [2.05, 4.69) is 0 Å². The number of hydrogen-bond donors (Lipinski definition) is 1. The summed E-state index contributed by atoms with van der Waals surface area (Å²) in [6, 6.07) is 16.4. The number of amides is 1. The minimum Gasteiger partial charge on any atom is -0.507 e. The monoisotopic (exact) mass is 481 g/mol. The van der Waals surface area contributed by atoms with Gasteiger partial charge in [0.15, 0.2) is 0 Å². The maximum atomic E-state index is 13.3. The fourth-order valence-electron chi connectivity index (χ4n) is 4.05. The average Bonchev–Trinajstić information content (AvgIpc) is 3.05. The number of benzene rings is 3. The number of hydrogen-bond acceptors (Lipinski definition) is 4. The van der Waals surface area contributed by atoms with Crippen molar-refractivity contribution in [2.45, 2.75) is 19.9 Å². The van der Waals surface area contributed by atoms with Gasteiger partial charge in [-0.2, -0.15) is 0 Å². The summed E-state index contributed by atoms with van der Waals surface area (Å²) in [6.07, 6.45) is 0. The van der Waals surface area contributed by atoms with Gasteiger partial charge in [0.1, 0.15) is 11.5 Å². The molecule has 1 saturated heterocycles. The minimum atomic E-state index is -0.886. The highest BCUT2D eigenvalue weighted by atomic mass is 35.5. The summed E-state index contributed by atoms with van der Waals surface area (Å²) in [7, 11) is 1.55. The van der Waals surface area contributed by atoms with Crippen LogP contribution in [0.5, 0.6) is 5.75 Å². The first kappa shape index (κ1) is 22.9. The van der Waals surface area contributed by atoms with Crippen molar-refractivity contribution in [3.8, 4) is 5.75 Å². The first-order valence-electron chi connectivity index (χ1n) is 10.2. The molecule has 1 atom stereocenters. The number of aryl methyl sites for hydroxylation is 2. The average molecular weight is 482 g/mol. The molecule has 4 rings (SSSR count). The molecule has 1 amide bonds. The van der Waals surface area contributed by atoms with Crippen molar-refractivity contribution in [1.29, 1.82) is 0 Å². The summed E-state index contributed by atoms with van der Waals surface area (Å²) in [5.74, 6) is -1.16. The van der Waals surface area contributed by atoms with Crippen LogP contribution in [0.1, 0.15) is 28.3 Å². The summed E-state index contributed by atoms with van der Waals surface area (Å²) in [4.78, 5) is 27.9. The van der Waals surface area contributed by atoms with E-state index in [4.69, 9.17) is 27.9 Å². The van der Waals surface area contributed by atoms with E-state index in [-0.39, 0.29) is 16.4 Å². The highest BCUT2D eigenvalue weighted by Gasteiger charge is 2.47. The van der Waals surface area contributed by atoms with Crippen LogP contribution < -0.4 is 9.64 Å². The second-order valence-electron chi connectivity index (χ2n) is 7.86. The zero-order valence-electron chi connectivity index (χ0n) is 18.2. The first-order valence-corrected chi connectivity index (χ1v) is 11.0. The molecule has 168 valence electrons. The van der Waals surface area contributed by atoms with E-state index in [1.165, 1.54) is 4.90 Å². The Hall–Kier alpha value is -3.28. The van der Waals surface area contributed by atoms with E-state index in [9.17, 15) is 14.7 Å². The molecule has 0 aromatic heterocycles. The van der Waals surface area contributed by atoms with Crippen molar-refractivity contribution in [1.82, 2.24) is 0 Å². The molecule has 7 heteroatoms. The molecule has 33 heavy (non-hydrogen) atoms. The topological polar surface area (TPSA) is 66.8 Å². The SMILES string of the molecule is COc1ccc(/C(O)=C2/C(=O)C(=O)N(c3cccc(C)c3)C2c2ccc(Cl)c(Cl)c2)c(C)c1. The van der Waals surface area contributed by atoms with Crippen molar-refractivity contribution in [3.05, 3.63) is 98.5 Å². The molecule has 1 unspecified atom stereocenters. The van der Waals surface area contributed by atoms with Crippen molar-refractivity contribution in [3.63, 3.8) is 0 Å². The number of rotatable bonds is 4. The van der Waals surface area contributed by atoms with Crippen LogP contribution in [-0.4, -0.2) is 23.9 Å². The number of aliphatic hydroxyl groups excluding tert-OH is 1. The van der Waals surface area contributed by atoms with Gasteiger partial charge >= 0.3 is 0 Å². The molecule has 1 heterocycles. The fourth-order valence-corrected chi connectivity index (χ4v) is 4.35. The second-order valence-corrected chi connectivity index (χ2v) is 8.68. The molecule has 0 saturated carbocycles. The fraction of sp³-hybridized carbons (Fsp3) is 0.154. The van der Waals surface area contributed by atoms with Crippen LogP contribution in [0, 0.1) is 13.8 Å². The Labute approximate surface area is 201 Å². The normalized spacial score (nSPS) is 17.5. The summed E-state index contributed by atoms with van der Waals surface area (Å²) in [5, 5.41) is 11.9. The lowest BCUT2D eigenvalue weighted by molar-refractivity contribution is -0.132. The molecule has 0 aliphatic carbocycles.